The Morgan fingerprint density at radius 2 is 1.63 bits per heavy atom. The molecule has 1 N–H and O–H groups in total. The van der Waals surface area contributed by atoms with E-state index in [1.165, 1.54) is 5.56 Å². The Hall–Kier alpha value is -2.62. The lowest BCUT2D eigenvalue weighted by molar-refractivity contribution is -0.129. The summed E-state index contributed by atoms with van der Waals surface area (Å²) in [6, 6.07) is 15.9. The summed E-state index contributed by atoms with van der Waals surface area (Å²) in [4.78, 5) is 26.0. The van der Waals surface area contributed by atoms with E-state index in [2.05, 4.69) is 26.1 Å². The predicted molar refractivity (Wildman–Crippen MR) is 111 cm³/mol. The molecule has 144 valence electrons. The summed E-state index contributed by atoms with van der Waals surface area (Å²) in [5.74, 6) is -0.116. The van der Waals surface area contributed by atoms with Crippen molar-refractivity contribution in [2.24, 2.45) is 0 Å². The second-order valence-electron chi connectivity index (χ2n) is 7.99. The summed E-state index contributed by atoms with van der Waals surface area (Å²) in [6.07, 6.45) is 0.270. The molecule has 0 heterocycles. The Bertz CT molecular complexity index is 789. The van der Waals surface area contributed by atoms with Crippen LogP contribution in [-0.4, -0.2) is 23.3 Å². The molecule has 0 aromatic heterocycles. The lowest BCUT2D eigenvalue weighted by atomic mass is 9.87. The third kappa shape index (κ3) is 6.24. The average Bonchev–Trinajstić information content (AvgIpc) is 2.59. The number of aryl methyl sites for hydroxylation is 1. The van der Waals surface area contributed by atoms with Gasteiger partial charge in [0.15, 0.2) is 0 Å². The second kappa shape index (κ2) is 8.85. The van der Waals surface area contributed by atoms with Crippen LogP contribution in [0.5, 0.6) is 0 Å². The second-order valence-corrected chi connectivity index (χ2v) is 7.99. The fourth-order valence-electron chi connectivity index (χ4n) is 2.85. The molecule has 2 aromatic rings. The number of amides is 2. The van der Waals surface area contributed by atoms with Gasteiger partial charge in [-0.15, -0.1) is 0 Å². The molecule has 0 bridgehead atoms. The molecule has 2 aromatic carbocycles. The summed E-state index contributed by atoms with van der Waals surface area (Å²) in [6.45, 7) is 11.0. The quantitative estimate of drug-likeness (QED) is 0.808. The maximum Gasteiger partial charge on any atom is 0.226 e. The Balaban J connectivity index is 1.92. The number of anilines is 1. The van der Waals surface area contributed by atoms with E-state index in [1.54, 1.807) is 11.8 Å². The predicted octanol–water partition coefficient (Wildman–Crippen LogP) is 4.67. The van der Waals surface area contributed by atoms with Crippen molar-refractivity contribution in [1.82, 2.24) is 4.90 Å². The number of rotatable bonds is 6. The number of nitrogens with one attached hydrogen (secondary N) is 1. The molecule has 0 aliphatic carbocycles. The SMILES string of the molecule is CC(=O)N(CCC(=O)Nc1ccc(C(C)(C)C)cc1)Cc1ccccc1C. The maximum atomic E-state index is 12.3. The van der Waals surface area contributed by atoms with Crippen LogP contribution >= 0.6 is 0 Å². The van der Waals surface area contributed by atoms with E-state index >= 15 is 0 Å². The molecule has 2 rings (SSSR count). The molecule has 0 atom stereocenters. The molecule has 4 nitrogen and oxygen atoms in total. The van der Waals surface area contributed by atoms with E-state index in [4.69, 9.17) is 0 Å². The zero-order valence-electron chi connectivity index (χ0n) is 17.0. The van der Waals surface area contributed by atoms with Gasteiger partial charge in [-0.1, -0.05) is 57.2 Å². The normalized spacial score (nSPS) is 11.1. The molecule has 0 saturated heterocycles. The van der Waals surface area contributed by atoms with Crippen LogP contribution in [-0.2, 0) is 21.5 Å². The molecule has 0 radical (unpaired) electrons. The smallest absolute Gasteiger partial charge is 0.226 e. The van der Waals surface area contributed by atoms with Crippen LogP contribution in [0.15, 0.2) is 48.5 Å². The van der Waals surface area contributed by atoms with Crippen LogP contribution in [0.1, 0.15) is 50.8 Å². The van der Waals surface area contributed by atoms with Crippen molar-refractivity contribution >= 4 is 17.5 Å². The zero-order valence-corrected chi connectivity index (χ0v) is 17.0. The first-order valence-electron chi connectivity index (χ1n) is 9.37. The van der Waals surface area contributed by atoms with Crippen LogP contribution in [0.2, 0.25) is 0 Å². The number of hydrogen-bond acceptors (Lipinski definition) is 2. The summed E-state index contributed by atoms with van der Waals surface area (Å²) in [7, 11) is 0. The Kier molecular flexibility index (Phi) is 6.78. The summed E-state index contributed by atoms with van der Waals surface area (Å²) in [5, 5.41) is 2.91. The van der Waals surface area contributed by atoms with Crippen molar-refractivity contribution in [2.75, 3.05) is 11.9 Å². The van der Waals surface area contributed by atoms with E-state index in [0.717, 1.165) is 16.8 Å². The fourth-order valence-corrected chi connectivity index (χ4v) is 2.85. The van der Waals surface area contributed by atoms with Crippen molar-refractivity contribution in [3.63, 3.8) is 0 Å². The van der Waals surface area contributed by atoms with Gasteiger partial charge in [0, 0.05) is 32.1 Å². The molecule has 2 amide bonds. The first kappa shape index (κ1) is 20.7. The lowest BCUT2D eigenvalue weighted by Crippen LogP contribution is -2.31. The maximum absolute atomic E-state index is 12.3. The van der Waals surface area contributed by atoms with E-state index in [1.807, 2.05) is 55.5 Å². The molecule has 4 heteroatoms. The highest BCUT2D eigenvalue weighted by atomic mass is 16.2. The molecule has 0 saturated carbocycles. The van der Waals surface area contributed by atoms with E-state index < -0.39 is 0 Å². The van der Waals surface area contributed by atoms with Crippen molar-refractivity contribution in [3.8, 4) is 0 Å². The Morgan fingerprint density at radius 3 is 2.19 bits per heavy atom. The first-order chi connectivity index (χ1) is 12.7. The first-order valence-corrected chi connectivity index (χ1v) is 9.37. The monoisotopic (exact) mass is 366 g/mol. The van der Waals surface area contributed by atoms with Gasteiger partial charge in [0.25, 0.3) is 0 Å². The zero-order chi connectivity index (χ0) is 20.0. The molecule has 0 unspecified atom stereocenters. The van der Waals surface area contributed by atoms with Crippen molar-refractivity contribution in [2.45, 2.75) is 53.0 Å². The number of nitrogens with zero attached hydrogens (tertiary/aromatic N) is 1. The fraction of sp³-hybridized carbons (Fsp3) is 0.391. The minimum atomic E-state index is -0.0884. The number of hydrogen-bond donors (Lipinski definition) is 1. The van der Waals surface area contributed by atoms with E-state index in [-0.39, 0.29) is 23.7 Å². The molecule has 27 heavy (non-hydrogen) atoms. The molecule has 0 aliphatic rings. The van der Waals surface area contributed by atoms with Crippen molar-refractivity contribution in [3.05, 3.63) is 65.2 Å². The summed E-state index contributed by atoms with van der Waals surface area (Å²) >= 11 is 0. The van der Waals surface area contributed by atoms with E-state index in [9.17, 15) is 9.59 Å². The topological polar surface area (TPSA) is 49.4 Å². The average molecular weight is 367 g/mol. The van der Waals surface area contributed by atoms with Gasteiger partial charge in [0.2, 0.25) is 11.8 Å². The molecule has 0 fully saturated rings. The number of benzene rings is 2. The minimum Gasteiger partial charge on any atom is -0.338 e. The van der Waals surface area contributed by atoms with Crippen molar-refractivity contribution in [1.29, 1.82) is 0 Å². The Labute approximate surface area is 162 Å². The Morgan fingerprint density at radius 1 is 1.00 bits per heavy atom. The van der Waals surface area contributed by atoms with E-state index in [0.29, 0.717) is 13.1 Å². The van der Waals surface area contributed by atoms with Gasteiger partial charge in [-0.3, -0.25) is 9.59 Å². The van der Waals surface area contributed by atoms with Crippen LogP contribution < -0.4 is 5.32 Å². The van der Waals surface area contributed by atoms with Gasteiger partial charge in [-0.05, 0) is 41.2 Å². The van der Waals surface area contributed by atoms with Crippen LogP contribution in [0.3, 0.4) is 0 Å². The third-order valence-corrected chi connectivity index (χ3v) is 4.71. The molecular weight excluding hydrogens is 336 g/mol. The van der Waals surface area contributed by atoms with Crippen LogP contribution in [0.25, 0.3) is 0 Å². The highest BCUT2D eigenvalue weighted by molar-refractivity contribution is 5.91. The number of carbonyl (C=O) groups excluding carboxylic acids is 2. The third-order valence-electron chi connectivity index (χ3n) is 4.71. The highest BCUT2D eigenvalue weighted by Crippen LogP contribution is 2.23. The van der Waals surface area contributed by atoms with Crippen molar-refractivity contribution < 1.29 is 9.59 Å². The van der Waals surface area contributed by atoms with Gasteiger partial charge in [0.1, 0.15) is 0 Å². The molecule has 0 spiro atoms. The van der Waals surface area contributed by atoms with Gasteiger partial charge < -0.3 is 10.2 Å². The highest BCUT2D eigenvalue weighted by Gasteiger charge is 2.15. The molecular formula is C23H30N2O2. The largest absolute Gasteiger partial charge is 0.338 e. The minimum absolute atomic E-state index is 0.0272. The van der Waals surface area contributed by atoms with Gasteiger partial charge in [-0.2, -0.15) is 0 Å². The van der Waals surface area contributed by atoms with Crippen LogP contribution in [0, 0.1) is 6.92 Å². The van der Waals surface area contributed by atoms with Crippen LogP contribution in [0.4, 0.5) is 5.69 Å². The number of carbonyl (C=O) groups is 2. The van der Waals surface area contributed by atoms with Gasteiger partial charge >= 0.3 is 0 Å². The summed E-state index contributed by atoms with van der Waals surface area (Å²) < 4.78 is 0. The standard InChI is InChI=1S/C23H30N2O2/c1-17-8-6-7-9-19(17)16-25(18(2)26)15-14-22(27)24-21-12-10-20(11-13-21)23(3,4)5/h6-13H,14-16H2,1-5H3,(H,24,27). The van der Waals surface area contributed by atoms with Gasteiger partial charge in [0.05, 0.1) is 0 Å². The molecule has 0 aliphatic heterocycles. The lowest BCUT2D eigenvalue weighted by Gasteiger charge is -2.22. The summed E-state index contributed by atoms with van der Waals surface area (Å²) in [5.41, 5.74) is 4.33. The van der Waals surface area contributed by atoms with Gasteiger partial charge in [-0.25, -0.2) is 0 Å².